The summed E-state index contributed by atoms with van der Waals surface area (Å²) < 4.78 is 3.23. The fourth-order valence-corrected chi connectivity index (χ4v) is 3.19. The van der Waals surface area contributed by atoms with Gasteiger partial charge in [0, 0.05) is 10.7 Å². The lowest BCUT2D eigenvalue weighted by Crippen LogP contribution is -2.33. The molecule has 0 aliphatic heterocycles. The summed E-state index contributed by atoms with van der Waals surface area (Å²) in [5.41, 5.74) is 3.19. The monoisotopic (exact) mass is 435 g/mol. The van der Waals surface area contributed by atoms with Crippen LogP contribution >= 0.6 is 11.6 Å². The molecule has 156 valence electrons. The third-order valence-corrected chi connectivity index (χ3v) is 4.79. The Morgan fingerprint density at radius 2 is 1.87 bits per heavy atom. The summed E-state index contributed by atoms with van der Waals surface area (Å²) in [5.74, 6) is -0.732. The number of nitrogens with one attached hydrogen (secondary N) is 2. The number of rotatable bonds is 6. The zero-order valence-corrected chi connectivity index (χ0v) is 17.2. The highest BCUT2D eigenvalue weighted by molar-refractivity contribution is 6.30. The number of hydrogen-bond acceptors (Lipinski definition) is 5. The maximum atomic E-state index is 12.5. The van der Waals surface area contributed by atoms with Crippen molar-refractivity contribution in [2.75, 3.05) is 11.9 Å². The summed E-state index contributed by atoms with van der Waals surface area (Å²) in [7, 11) is 0. The van der Waals surface area contributed by atoms with Gasteiger partial charge in [-0.3, -0.25) is 9.59 Å². The van der Waals surface area contributed by atoms with E-state index in [4.69, 9.17) is 11.6 Å². The minimum absolute atomic E-state index is 0.175. The molecule has 9 nitrogen and oxygen atoms in total. The van der Waals surface area contributed by atoms with Gasteiger partial charge < -0.3 is 10.6 Å². The topological polar surface area (TPSA) is 107 Å². The van der Waals surface area contributed by atoms with Crippen molar-refractivity contribution in [2.24, 2.45) is 0 Å². The molecule has 4 rings (SSSR count). The Hall–Kier alpha value is -3.98. The molecule has 0 saturated heterocycles. The SMILES string of the molecule is Cc1c(C(=O)NCC(=O)Nc2ccc(-n3cncn3)cc2)cnn1-c1cccc(Cl)c1. The third-order valence-electron chi connectivity index (χ3n) is 4.55. The van der Waals surface area contributed by atoms with Crippen LogP contribution in [0, 0.1) is 6.92 Å². The second-order valence-electron chi connectivity index (χ2n) is 6.65. The van der Waals surface area contributed by atoms with E-state index in [1.165, 1.54) is 12.5 Å². The molecule has 0 spiro atoms. The number of halogens is 1. The normalized spacial score (nSPS) is 10.6. The van der Waals surface area contributed by atoms with Gasteiger partial charge in [-0.1, -0.05) is 17.7 Å². The van der Waals surface area contributed by atoms with Gasteiger partial charge in [0.25, 0.3) is 5.91 Å². The molecule has 4 aromatic rings. The summed E-state index contributed by atoms with van der Waals surface area (Å²) in [6.07, 6.45) is 4.49. The molecule has 0 unspecified atom stereocenters. The molecule has 0 aliphatic carbocycles. The van der Waals surface area contributed by atoms with E-state index in [9.17, 15) is 9.59 Å². The molecule has 10 heteroatoms. The standard InChI is InChI=1S/C21H18ClN7O2/c1-14-19(10-25-29(14)18-4-2-3-15(22)9-18)21(31)24-11-20(30)27-16-5-7-17(8-6-16)28-13-23-12-26-28/h2-10,12-13H,11H2,1H3,(H,24,31)(H,27,30). The summed E-state index contributed by atoms with van der Waals surface area (Å²) in [4.78, 5) is 28.6. The molecule has 0 aliphatic rings. The molecule has 0 fully saturated rings. The van der Waals surface area contributed by atoms with Gasteiger partial charge in [0.2, 0.25) is 5.91 Å². The van der Waals surface area contributed by atoms with Crippen molar-refractivity contribution in [3.8, 4) is 11.4 Å². The molecule has 0 saturated carbocycles. The molecule has 2 N–H and O–H groups in total. The smallest absolute Gasteiger partial charge is 0.255 e. The number of aromatic nitrogens is 5. The van der Waals surface area contributed by atoms with Crippen molar-refractivity contribution < 1.29 is 9.59 Å². The van der Waals surface area contributed by atoms with Crippen molar-refractivity contribution in [2.45, 2.75) is 6.92 Å². The van der Waals surface area contributed by atoms with Crippen LogP contribution in [0.5, 0.6) is 0 Å². The van der Waals surface area contributed by atoms with Gasteiger partial charge in [-0.2, -0.15) is 10.2 Å². The number of benzene rings is 2. The molecular formula is C21H18ClN7O2. The molecule has 0 atom stereocenters. The van der Waals surface area contributed by atoms with Crippen LogP contribution in [0.2, 0.25) is 5.02 Å². The zero-order chi connectivity index (χ0) is 21.8. The van der Waals surface area contributed by atoms with Crippen molar-refractivity contribution in [1.82, 2.24) is 29.9 Å². The second-order valence-corrected chi connectivity index (χ2v) is 7.09. The number of hydrogen-bond donors (Lipinski definition) is 2. The first-order valence-corrected chi connectivity index (χ1v) is 9.73. The van der Waals surface area contributed by atoms with Gasteiger partial charge in [-0.25, -0.2) is 14.3 Å². The summed E-state index contributed by atoms with van der Waals surface area (Å²) >= 11 is 6.03. The van der Waals surface area contributed by atoms with E-state index in [0.717, 1.165) is 11.4 Å². The van der Waals surface area contributed by atoms with Gasteiger partial charge in [0.15, 0.2) is 0 Å². The lowest BCUT2D eigenvalue weighted by atomic mass is 10.2. The predicted octanol–water partition coefficient (Wildman–Crippen LogP) is 2.78. The van der Waals surface area contributed by atoms with E-state index in [0.29, 0.717) is 22.0 Å². The average molecular weight is 436 g/mol. The number of carbonyl (C=O) groups excluding carboxylic acids is 2. The van der Waals surface area contributed by atoms with Crippen molar-refractivity contribution >= 4 is 29.1 Å². The number of anilines is 1. The first-order chi connectivity index (χ1) is 15.0. The van der Waals surface area contributed by atoms with Gasteiger partial charge in [-0.05, 0) is 49.4 Å². The van der Waals surface area contributed by atoms with Crippen LogP contribution in [0.4, 0.5) is 5.69 Å². The number of amides is 2. The Kier molecular flexibility index (Phi) is 5.76. The molecule has 2 heterocycles. The Morgan fingerprint density at radius 1 is 1.06 bits per heavy atom. The molecule has 2 aromatic heterocycles. The largest absolute Gasteiger partial charge is 0.343 e. The van der Waals surface area contributed by atoms with Crippen LogP contribution in [-0.4, -0.2) is 42.9 Å². The molecule has 2 aromatic carbocycles. The predicted molar refractivity (Wildman–Crippen MR) is 116 cm³/mol. The fourth-order valence-electron chi connectivity index (χ4n) is 3.00. The van der Waals surface area contributed by atoms with E-state index in [1.807, 2.05) is 6.07 Å². The first-order valence-electron chi connectivity index (χ1n) is 9.35. The Labute approximate surface area is 182 Å². The summed E-state index contributed by atoms with van der Waals surface area (Å²) in [5, 5.41) is 14.2. The summed E-state index contributed by atoms with van der Waals surface area (Å²) in [6, 6.07) is 14.3. The van der Waals surface area contributed by atoms with Crippen LogP contribution < -0.4 is 10.6 Å². The molecule has 0 radical (unpaired) electrons. The summed E-state index contributed by atoms with van der Waals surface area (Å²) in [6.45, 7) is 1.60. The highest BCUT2D eigenvalue weighted by Gasteiger charge is 2.16. The Bertz CT molecular complexity index is 1220. The highest BCUT2D eigenvalue weighted by Crippen LogP contribution is 2.18. The van der Waals surface area contributed by atoms with E-state index in [1.54, 1.807) is 65.1 Å². The zero-order valence-electron chi connectivity index (χ0n) is 16.5. The van der Waals surface area contributed by atoms with Crippen molar-refractivity contribution in [3.05, 3.63) is 83.7 Å². The van der Waals surface area contributed by atoms with Crippen LogP contribution in [0.25, 0.3) is 11.4 Å². The molecule has 2 amide bonds. The number of nitrogens with zero attached hydrogens (tertiary/aromatic N) is 5. The van der Waals surface area contributed by atoms with Gasteiger partial charge in [-0.15, -0.1) is 0 Å². The van der Waals surface area contributed by atoms with E-state index < -0.39 is 0 Å². The first kappa shape index (κ1) is 20.3. The van der Waals surface area contributed by atoms with Crippen LogP contribution in [0.1, 0.15) is 16.1 Å². The third kappa shape index (κ3) is 4.62. The minimum Gasteiger partial charge on any atom is -0.343 e. The Balaban J connectivity index is 1.35. The lowest BCUT2D eigenvalue weighted by Gasteiger charge is -2.08. The minimum atomic E-state index is -0.387. The van der Waals surface area contributed by atoms with Gasteiger partial charge >= 0.3 is 0 Å². The fraction of sp³-hybridized carbons (Fsp3) is 0.0952. The molecular weight excluding hydrogens is 418 g/mol. The average Bonchev–Trinajstić information content (AvgIpc) is 3.43. The lowest BCUT2D eigenvalue weighted by molar-refractivity contribution is -0.115. The van der Waals surface area contributed by atoms with E-state index in [-0.39, 0.29) is 18.4 Å². The number of carbonyl (C=O) groups is 2. The highest BCUT2D eigenvalue weighted by atomic mass is 35.5. The van der Waals surface area contributed by atoms with Crippen molar-refractivity contribution in [1.29, 1.82) is 0 Å². The Morgan fingerprint density at radius 3 is 2.58 bits per heavy atom. The van der Waals surface area contributed by atoms with Crippen LogP contribution in [0.3, 0.4) is 0 Å². The van der Waals surface area contributed by atoms with Crippen LogP contribution in [0.15, 0.2) is 67.4 Å². The molecule has 0 bridgehead atoms. The quantitative estimate of drug-likeness (QED) is 0.484. The van der Waals surface area contributed by atoms with E-state index >= 15 is 0 Å². The van der Waals surface area contributed by atoms with Crippen molar-refractivity contribution in [3.63, 3.8) is 0 Å². The second kappa shape index (κ2) is 8.80. The van der Waals surface area contributed by atoms with Gasteiger partial charge in [0.05, 0.1) is 35.4 Å². The van der Waals surface area contributed by atoms with Crippen LogP contribution in [-0.2, 0) is 4.79 Å². The molecule has 31 heavy (non-hydrogen) atoms. The maximum absolute atomic E-state index is 12.5. The maximum Gasteiger partial charge on any atom is 0.255 e. The van der Waals surface area contributed by atoms with E-state index in [2.05, 4.69) is 25.8 Å². The van der Waals surface area contributed by atoms with Gasteiger partial charge in [0.1, 0.15) is 12.7 Å².